The Hall–Kier alpha value is -4.06. The number of ketones is 1. The number of likely N-dealkylation sites (tertiary alicyclic amines) is 1. The van der Waals surface area contributed by atoms with Crippen molar-refractivity contribution in [1.29, 1.82) is 0 Å². The van der Waals surface area contributed by atoms with Gasteiger partial charge in [0.05, 0.1) is 24.8 Å². The lowest BCUT2D eigenvalue weighted by Gasteiger charge is -2.26. The number of hydrogen-bond donors (Lipinski definition) is 1. The molecule has 0 spiro atoms. The van der Waals surface area contributed by atoms with Gasteiger partial charge in [-0.15, -0.1) is 0 Å². The highest BCUT2D eigenvalue weighted by Crippen LogP contribution is 2.41. The third-order valence-electron chi connectivity index (χ3n) is 6.94. The molecule has 0 radical (unpaired) electrons. The fraction of sp³-hybridized carbons (Fsp3) is 0.312. The van der Waals surface area contributed by atoms with Gasteiger partial charge >= 0.3 is 0 Å². The number of fused-ring (bicyclic) bond motifs is 1. The summed E-state index contributed by atoms with van der Waals surface area (Å²) in [5.41, 5.74) is 4.26. The molecule has 1 unspecified atom stereocenters. The Bertz CT molecular complexity index is 1390. The highest BCUT2D eigenvalue weighted by molar-refractivity contribution is 6.46. The number of nitrogens with zero attached hydrogens (tertiary/aromatic N) is 1. The van der Waals surface area contributed by atoms with Crippen LogP contribution < -0.4 is 9.47 Å². The molecule has 38 heavy (non-hydrogen) atoms. The van der Waals surface area contributed by atoms with Gasteiger partial charge in [-0.05, 0) is 72.7 Å². The van der Waals surface area contributed by atoms with Gasteiger partial charge in [-0.1, -0.05) is 55.8 Å². The summed E-state index contributed by atoms with van der Waals surface area (Å²) in [6.07, 6.45) is 1.73. The molecule has 1 fully saturated rings. The van der Waals surface area contributed by atoms with E-state index in [4.69, 9.17) is 9.47 Å². The Morgan fingerprint density at radius 3 is 2.61 bits per heavy atom. The second kappa shape index (κ2) is 10.7. The topological polar surface area (TPSA) is 76.1 Å². The third-order valence-corrected chi connectivity index (χ3v) is 6.94. The Labute approximate surface area is 223 Å². The molecular weight excluding hydrogens is 478 g/mol. The quantitative estimate of drug-likeness (QED) is 0.240. The third kappa shape index (κ3) is 5.17. The van der Waals surface area contributed by atoms with E-state index in [1.54, 1.807) is 11.0 Å². The van der Waals surface area contributed by atoms with Crippen molar-refractivity contribution in [2.24, 2.45) is 5.92 Å². The normalized spacial score (nSPS) is 18.4. The Morgan fingerprint density at radius 2 is 1.87 bits per heavy atom. The molecule has 0 saturated carbocycles. The highest BCUT2D eigenvalue weighted by atomic mass is 16.5. The molecule has 2 heterocycles. The van der Waals surface area contributed by atoms with Crippen molar-refractivity contribution in [2.45, 2.75) is 46.2 Å². The van der Waals surface area contributed by atoms with Crippen LogP contribution in [-0.4, -0.2) is 34.9 Å². The number of amides is 1. The van der Waals surface area contributed by atoms with Crippen LogP contribution in [0.4, 0.5) is 0 Å². The minimum atomic E-state index is -0.709. The molecule has 1 N–H and O–H groups in total. The van der Waals surface area contributed by atoms with E-state index in [1.165, 1.54) is 0 Å². The van der Waals surface area contributed by atoms with E-state index >= 15 is 0 Å². The molecule has 2 aliphatic heterocycles. The van der Waals surface area contributed by atoms with Crippen molar-refractivity contribution in [3.05, 3.63) is 100 Å². The number of aliphatic hydroxyl groups is 1. The van der Waals surface area contributed by atoms with Crippen LogP contribution in [0.25, 0.3) is 5.76 Å². The maximum atomic E-state index is 13.4. The number of aliphatic hydroxyl groups excluding tert-OH is 1. The SMILES string of the molecule is Cc1cccc(C2/C(=C(/O)c3ccc4c(c3)CCCO4)C(=O)C(=O)N2Cc2ccc(OCC(C)C)cc2)c1. The first-order chi connectivity index (χ1) is 18.3. The summed E-state index contributed by atoms with van der Waals surface area (Å²) in [5, 5.41) is 11.5. The molecule has 6 heteroatoms. The molecule has 0 aromatic heterocycles. The smallest absolute Gasteiger partial charge is 0.295 e. The van der Waals surface area contributed by atoms with Gasteiger partial charge in [-0.3, -0.25) is 9.59 Å². The molecule has 1 saturated heterocycles. The molecule has 3 aromatic rings. The zero-order valence-corrected chi connectivity index (χ0v) is 22.1. The number of carbonyl (C=O) groups excluding carboxylic acids is 2. The maximum absolute atomic E-state index is 13.4. The van der Waals surface area contributed by atoms with E-state index in [9.17, 15) is 14.7 Å². The zero-order chi connectivity index (χ0) is 26.8. The van der Waals surface area contributed by atoms with Crippen LogP contribution in [0.5, 0.6) is 11.5 Å². The van der Waals surface area contributed by atoms with Gasteiger partial charge in [0.2, 0.25) is 0 Å². The number of hydrogen-bond acceptors (Lipinski definition) is 5. The van der Waals surface area contributed by atoms with Crippen LogP contribution in [-0.2, 0) is 22.6 Å². The molecule has 2 aliphatic rings. The Kier molecular flexibility index (Phi) is 7.23. The zero-order valence-electron chi connectivity index (χ0n) is 22.1. The first kappa shape index (κ1) is 25.6. The van der Waals surface area contributed by atoms with E-state index in [0.717, 1.165) is 46.6 Å². The van der Waals surface area contributed by atoms with Crippen molar-refractivity contribution in [3.63, 3.8) is 0 Å². The van der Waals surface area contributed by atoms with Gasteiger partial charge in [0.15, 0.2) is 0 Å². The molecule has 3 aromatic carbocycles. The summed E-state index contributed by atoms with van der Waals surface area (Å²) in [5.74, 6) is 0.501. The summed E-state index contributed by atoms with van der Waals surface area (Å²) < 4.78 is 11.5. The second-order valence-corrected chi connectivity index (χ2v) is 10.5. The lowest BCUT2D eigenvalue weighted by Crippen LogP contribution is -2.29. The van der Waals surface area contributed by atoms with Crippen molar-refractivity contribution in [3.8, 4) is 11.5 Å². The largest absolute Gasteiger partial charge is 0.507 e. The summed E-state index contributed by atoms with van der Waals surface area (Å²) in [6.45, 7) is 7.66. The van der Waals surface area contributed by atoms with Crippen LogP contribution >= 0.6 is 0 Å². The first-order valence-corrected chi connectivity index (χ1v) is 13.1. The predicted molar refractivity (Wildman–Crippen MR) is 146 cm³/mol. The van der Waals surface area contributed by atoms with Crippen LogP contribution in [0.2, 0.25) is 0 Å². The number of carbonyl (C=O) groups is 2. The lowest BCUT2D eigenvalue weighted by molar-refractivity contribution is -0.140. The highest BCUT2D eigenvalue weighted by Gasteiger charge is 2.46. The fourth-order valence-electron chi connectivity index (χ4n) is 5.04. The summed E-state index contributed by atoms with van der Waals surface area (Å²) in [6, 6.07) is 20.0. The predicted octanol–water partition coefficient (Wildman–Crippen LogP) is 5.98. The number of ether oxygens (including phenoxy) is 2. The van der Waals surface area contributed by atoms with Crippen LogP contribution in [0.1, 0.15) is 54.1 Å². The molecule has 196 valence electrons. The summed E-state index contributed by atoms with van der Waals surface area (Å²) >= 11 is 0. The first-order valence-electron chi connectivity index (χ1n) is 13.1. The van der Waals surface area contributed by atoms with Crippen molar-refractivity contribution in [2.75, 3.05) is 13.2 Å². The fourth-order valence-corrected chi connectivity index (χ4v) is 5.04. The lowest BCUT2D eigenvalue weighted by atomic mass is 9.93. The molecule has 1 atom stereocenters. The van der Waals surface area contributed by atoms with Crippen LogP contribution in [0.15, 0.2) is 72.3 Å². The van der Waals surface area contributed by atoms with Gasteiger partial charge < -0.3 is 19.5 Å². The van der Waals surface area contributed by atoms with Gasteiger partial charge in [0, 0.05) is 12.1 Å². The van der Waals surface area contributed by atoms with Crippen molar-refractivity contribution in [1.82, 2.24) is 4.90 Å². The number of Topliss-reactive ketones (excluding diaryl/α,β-unsaturated/α-hetero) is 1. The Morgan fingerprint density at radius 1 is 1.08 bits per heavy atom. The van der Waals surface area contributed by atoms with Gasteiger partial charge in [-0.2, -0.15) is 0 Å². The van der Waals surface area contributed by atoms with E-state index in [2.05, 4.69) is 13.8 Å². The molecule has 0 bridgehead atoms. The molecule has 0 aliphatic carbocycles. The van der Waals surface area contributed by atoms with Gasteiger partial charge in [-0.25, -0.2) is 0 Å². The minimum absolute atomic E-state index is 0.106. The van der Waals surface area contributed by atoms with E-state index in [0.29, 0.717) is 24.7 Å². The second-order valence-electron chi connectivity index (χ2n) is 10.5. The van der Waals surface area contributed by atoms with Gasteiger partial charge in [0.25, 0.3) is 11.7 Å². The van der Waals surface area contributed by atoms with E-state index < -0.39 is 17.7 Å². The number of rotatable bonds is 7. The van der Waals surface area contributed by atoms with E-state index in [1.807, 2.05) is 67.6 Å². The average Bonchev–Trinajstić information content (AvgIpc) is 3.17. The van der Waals surface area contributed by atoms with Crippen molar-refractivity contribution >= 4 is 17.4 Å². The average molecular weight is 512 g/mol. The molecule has 5 rings (SSSR count). The van der Waals surface area contributed by atoms with E-state index in [-0.39, 0.29) is 17.9 Å². The van der Waals surface area contributed by atoms with Crippen LogP contribution in [0.3, 0.4) is 0 Å². The maximum Gasteiger partial charge on any atom is 0.295 e. The van der Waals surface area contributed by atoms with Crippen LogP contribution in [0, 0.1) is 12.8 Å². The standard InChI is InChI=1S/C32H33NO5/c1-20(2)19-38-26-12-9-22(10-13-26)18-33-29(24-7-4-6-21(3)16-24)28(31(35)32(33)36)30(34)25-11-14-27-23(17-25)8-5-15-37-27/h4,6-7,9-14,16-17,20,29,34H,5,8,15,18-19H2,1-3H3/b30-28-. The monoisotopic (exact) mass is 511 g/mol. The molecule has 6 nitrogen and oxygen atoms in total. The van der Waals surface area contributed by atoms with Gasteiger partial charge in [0.1, 0.15) is 17.3 Å². The number of benzene rings is 3. The minimum Gasteiger partial charge on any atom is -0.507 e. The molecule has 1 amide bonds. The summed E-state index contributed by atoms with van der Waals surface area (Å²) in [7, 11) is 0. The van der Waals surface area contributed by atoms with Crippen molar-refractivity contribution < 1.29 is 24.2 Å². The summed E-state index contributed by atoms with van der Waals surface area (Å²) in [4.78, 5) is 28.4. The number of aryl methyl sites for hydroxylation is 2. The molecular formula is C32H33NO5. The Balaban J connectivity index is 1.53.